The molecule has 0 saturated heterocycles. The summed E-state index contributed by atoms with van der Waals surface area (Å²) in [4.78, 5) is 21.4. The molecule has 0 saturated carbocycles. The number of carbonyl (C=O) groups is 2. The largest absolute Gasteiger partial charge is 0.370 e. The van der Waals surface area contributed by atoms with Gasteiger partial charge in [-0.3, -0.25) is 9.59 Å². The fraction of sp³-hybridized carbons (Fsp3) is 0.750. The van der Waals surface area contributed by atoms with Crippen LogP contribution in [-0.4, -0.2) is 38.6 Å². The van der Waals surface area contributed by atoms with Gasteiger partial charge in [-0.25, -0.2) is 0 Å². The maximum Gasteiger partial charge on any atom is 0.245 e. The van der Waals surface area contributed by atoms with E-state index in [1.54, 1.807) is 14.0 Å². The van der Waals surface area contributed by atoms with Crippen molar-refractivity contribution in [2.45, 2.75) is 13.3 Å². The summed E-state index contributed by atoms with van der Waals surface area (Å²) in [5, 5.41) is 5.05. The Labute approximate surface area is 77.8 Å². The monoisotopic (exact) mass is 188 g/mol. The van der Waals surface area contributed by atoms with E-state index >= 15 is 0 Å². The van der Waals surface area contributed by atoms with Crippen molar-refractivity contribution in [1.29, 1.82) is 0 Å². The first-order valence-electron chi connectivity index (χ1n) is 4.25. The molecule has 0 aliphatic rings. The molecule has 0 fully saturated rings. The van der Waals surface area contributed by atoms with Gasteiger partial charge in [0.2, 0.25) is 11.8 Å². The topological polar surface area (TPSA) is 67.4 Å². The van der Waals surface area contributed by atoms with Crippen molar-refractivity contribution < 1.29 is 14.3 Å². The van der Waals surface area contributed by atoms with Gasteiger partial charge in [0.15, 0.2) is 0 Å². The van der Waals surface area contributed by atoms with Crippen molar-refractivity contribution in [3.05, 3.63) is 0 Å². The van der Waals surface area contributed by atoms with Gasteiger partial charge in [0.1, 0.15) is 6.61 Å². The summed E-state index contributed by atoms with van der Waals surface area (Å²) in [6.07, 6.45) is 0.468. The van der Waals surface area contributed by atoms with Gasteiger partial charge >= 0.3 is 0 Å². The molecule has 0 aliphatic carbocycles. The molecule has 0 bridgehead atoms. The van der Waals surface area contributed by atoms with Crippen LogP contribution >= 0.6 is 0 Å². The zero-order chi connectivity index (χ0) is 10.1. The van der Waals surface area contributed by atoms with E-state index in [-0.39, 0.29) is 18.4 Å². The summed E-state index contributed by atoms with van der Waals surface area (Å²) in [7, 11) is 1.55. The summed E-state index contributed by atoms with van der Waals surface area (Å²) in [6, 6.07) is 0. The Hall–Kier alpha value is -1.10. The third kappa shape index (κ3) is 7.27. The SMILES string of the molecule is CCC(=O)NCCOCC(=O)NC. The van der Waals surface area contributed by atoms with Gasteiger partial charge in [0.25, 0.3) is 0 Å². The Balaban J connectivity index is 3.17. The van der Waals surface area contributed by atoms with Crippen LogP contribution in [0.3, 0.4) is 0 Å². The van der Waals surface area contributed by atoms with Crippen LogP contribution in [0.4, 0.5) is 0 Å². The maximum absolute atomic E-state index is 10.7. The van der Waals surface area contributed by atoms with Crippen molar-refractivity contribution in [3.8, 4) is 0 Å². The summed E-state index contributed by atoms with van der Waals surface area (Å²) in [6.45, 7) is 2.63. The fourth-order valence-corrected chi connectivity index (χ4v) is 0.625. The van der Waals surface area contributed by atoms with Crippen molar-refractivity contribution in [2.75, 3.05) is 26.8 Å². The van der Waals surface area contributed by atoms with E-state index in [0.29, 0.717) is 19.6 Å². The molecule has 0 unspecified atom stereocenters. The number of rotatable bonds is 6. The molecule has 76 valence electrons. The average molecular weight is 188 g/mol. The zero-order valence-electron chi connectivity index (χ0n) is 8.05. The molecule has 2 amide bonds. The van der Waals surface area contributed by atoms with Crippen molar-refractivity contribution in [3.63, 3.8) is 0 Å². The predicted octanol–water partition coefficient (Wildman–Crippen LogP) is -0.725. The van der Waals surface area contributed by atoms with Gasteiger partial charge in [-0.15, -0.1) is 0 Å². The summed E-state index contributed by atoms with van der Waals surface area (Å²) >= 11 is 0. The molecular formula is C8H16N2O3. The molecule has 0 aliphatic heterocycles. The Morgan fingerprint density at radius 3 is 2.54 bits per heavy atom. The molecule has 0 aromatic heterocycles. The minimum absolute atomic E-state index is 0.0106. The second kappa shape index (κ2) is 7.54. The summed E-state index contributed by atoms with van der Waals surface area (Å²) < 4.78 is 4.95. The third-order valence-corrected chi connectivity index (χ3v) is 1.40. The lowest BCUT2D eigenvalue weighted by Gasteiger charge is -2.04. The number of likely N-dealkylation sites (N-methyl/N-ethyl adjacent to an activating group) is 1. The van der Waals surface area contributed by atoms with Gasteiger partial charge in [-0.1, -0.05) is 6.92 Å². The van der Waals surface area contributed by atoms with Crippen molar-refractivity contribution in [1.82, 2.24) is 10.6 Å². The van der Waals surface area contributed by atoms with E-state index in [1.807, 2.05) is 0 Å². The van der Waals surface area contributed by atoms with E-state index in [0.717, 1.165) is 0 Å². The smallest absolute Gasteiger partial charge is 0.245 e. The Kier molecular flexibility index (Phi) is 6.91. The van der Waals surface area contributed by atoms with Crippen LogP contribution in [-0.2, 0) is 14.3 Å². The van der Waals surface area contributed by atoms with Gasteiger partial charge in [-0.05, 0) is 0 Å². The number of carbonyl (C=O) groups excluding carboxylic acids is 2. The second-order valence-electron chi connectivity index (χ2n) is 2.43. The number of hydrogen-bond donors (Lipinski definition) is 2. The average Bonchev–Trinajstić information content (AvgIpc) is 2.16. The van der Waals surface area contributed by atoms with Crippen LogP contribution in [0, 0.1) is 0 Å². The van der Waals surface area contributed by atoms with Gasteiger partial charge in [0, 0.05) is 20.0 Å². The first-order chi connectivity index (χ1) is 6.20. The molecular weight excluding hydrogens is 172 g/mol. The lowest BCUT2D eigenvalue weighted by Crippen LogP contribution is -2.29. The molecule has 5 heteroatoms. The molecule has 0 atom stereocenters. The quantitative estimate of drug-likeness (QED) is 0.540. The zero-order valence-corrected chi connectivity index (χ0v) is 8.05. The molecule has 5 nitrogen and oxygen atoms in total. The highest BCUT2D eigenvalue weighted by Gasteiger charge is 1.98. The molecule has 0 aromatic rings. The second-order valence-corrected chi connectivity index (χ2v) is 2.43. The predicted molar refractivity (Wildman–Crippen MR) is 48.2 cm³/mol. The molecule has 13 heavy (non-hydrogen) atoms. The van der Waals surface area contributed by atoms with E-state index in [4.69, 9.17) is 4.74 Å². The van der Waals surface area contributed by atoms with Crippen molar-refractivity contribution in [2.24, 2.45) is 0 Å². The fourth-order valence-electron chi connectivity index (χ4n) is 0.625. The van der Waals surface area contributed by atoms with Crippen molar-refractivity contribution >= 4 is 11.8 Å². The van der Waals surface area contributed by atoms with E-state index in [1.165, 1.54) is 0 Å². The first-order valence-corrected chi connectivity index (χ1v) is 4.25. The third-order valence-electron chi connectivity index (χ3n) is 1.40. The molecule has 0 heterocycles. The number of ether oxygens (including phenoxy) is 1. The first kappa shape index (κ1) is 11.9. The molecule has 0 rings (SSSR count). The van der Waals surface area contributed by atoms with Crippen LogP contribution in [0.25, 0.3) is 0 Å². The van der Waals surface area contributed by atoms with E-state index < -0.39 is 0 Å². The summed E-state index contributed by atoms with van der Waals surface area (Å²) in [5.41, 5.74) is 0. The highest BCUT2D eigenvalue weighted by Crippen LogP contribution is 1.76. The molecule has 0 spiro atoms. The highest BCUT2D eigenvalue weighted by molar-refractivity contribution is 5.76. The molecule has 0 aromatic carbocycles. The molecule has 2 N–H and O–H groups in total. The number of hydrogen-bond acceptors (Lipinski definition) is 3. The van der Waals surface area contributed by atoms with Crippen LogP contribution in [0.15, 0.2) is 0 Å². The Bertz CT molecular complexity index is 153. The lowest BCUT2D eigenvalue weighted by molar-refractivity contribution is -0.125. The van der Waals surface area contributed by atoms with E-state index in [9.17, 15) is 9.59 Å². The van der Waals surface area contributed by atoms with Gasteiger partial charge in [0.05, 0.1) is 6.61 Å². The lowest BCUT2D eigenvalue weighted by atomic mass is 10.4. The molecule has 0 radical (unpaired) electrons. The van der Waals surface area contributed by atoms with E-state index in [2.05, 4.69) is 10.6 Å². The minimum Gasteiger partial charge on any atom is -0.370 e. The minimum atomic E-state index is -0.165. The number of amides is 2. The van der Waals surface area contributed by atoms with Crippen LogP contribution in [0.2, 0.25) is 0 Å². The highest BCUT2D eigenvalue weighted by atomic mass is 16.5. The Morgan fingerprint density at radius 2 is 2.00 bits per heavy atom. The summed E-state index contributed by atoms with van der Waals surface area (Å²) in [5.74, 6) is -0.176. The Morgan fingerprint density at radius 1 is 1.31 bits per heavy atom. The standard InChI is InChI=1S/C8H16N2O3/c1-3-7(11)10-4-5-13-6-8(12)9-2/h3-6H2,1-2H3,(H,9,12)(H,10,11). The van der Waals surface area contributed by atoms with Crippen LogP contribution in [0.5, 0.6) is 0 Å². The van der Waals surface area contributed by atoms with Crippen LogP contribution < -0.4 is 10.6 Å². The van der Waals surface area contributed by atoms with Crippen LogP contribution in [0.1, 0.15) is 13.3 Å². The number of nitrogens with one attached hydrogen (secondary N) is 2. The van der Waals surface area contributed by atoms with Gasteiger partial charge in [-0.2, -0.15) is 0 Å². The van der Waals surface area contributed by atoms with Gasteiger partial charge < -0.3 is 15.4 Å². The maximum atomic E-state index is 10.7. The normalized spacial score (nSPS) is 9.38.